The third kappa shape index (κ3) is 0.211. The Labute approximate surface area is 49.6 Å². The molecule has 0 aliphatic heterocycles. The van der Waals surface area contributed by atoms with Crippen molar-refractivity contribution in [3.8, 4) is 0 Å². The Kier molecular flexibility index (Phi) is 0.327. The fourth-order valence-electron chi connectivity index (χ4n) is 2.43. The van der Waals surface area contributed by atoms with Crippen LogP contribution in [0.1, 0.15) is 19.8 Å². The molecule has 8 heavy (non-hydrogen) atoms. The van der Waals surface area contributed by atoms with E-state index in [0.29, 0.717) is 0 Å². The number of rotatable bonds is 0. The second kappa shape index (κ2) is 0.706. The van der Waals surface area contributed by atoms with Gasteiger partial charge in [-0.05, 0) is 30.1 Å². The first-order valence-corrected chi connectivity index (χ1v) is 3.53. The third-order valence-electron chi connectivity index (χ3n) is 3.28. The van der Waals surface area contributed by atoms with E-state index in [1.165, 1.54) is 12.8 Å². The van der Waals surface area contributed by atoms with Gasteiger partial charge in [0.05, 0.1) is 0 Å². The van der Waals surface area contributed by atoms with E-state index in [1.807, 2.05) is 5.57 Å². The molecule has 0 aromatic carbocycles. The number of hydrogen-bond acceptors (Lipinski definition) is 0. The fourth-order valence-corrected chi connectivity index (χ4v) is 2.43. The predicted octanol–water partition coefficient (Wildman–Crippen LogP) is 1.97. The van der Waals surface area contributed by atoms with E-state index in [4.69, 9.17) is 0 Å². The summed E-state index contributed by atoms with van der Waals surface area (Å²) in [6.07, 6.45) is 5.48. The number of fused-ring (bicyclic) bond motifs is 3. The van der Waals surface area contributed by atoms with Crippen molar-refractivity contribution in [3.63, 3.8) is 0 Å². The lowest BCUT2D eigenvalue weighted by molar-refractivity contribution is 0.655. The quantitative estimate of drug-likeness (QED) is 0.414. The van der Waals surface area contributed by atoms with Crippen LogP contribution in [-0.2, 0) is 0 Å². The summed E-state index contributed by atoms with van der Waals surface area (Å²) in [6, 6.07) is 0. The Hall–Kier alpha value is -0.260. The highest BCUT2D eigenvalue weighted by atomic mass is 14.7. The molecule has 0 saturated heterocycles. The average Bonchev–Trinajstić information content (AvgIpc) is 2.52. The van der Waals surface area contributed by atoms with Crippen LogP contribution in [0, 0.1) is 17.3 Å². The summed E-state index contributed by atoms with van der Waals surface area (Å²) >= 11 is 0. The van der Waals surface area contributed by atoms with Gasteiger partial charge in [-0.1, -0.05) is 18.6 Å². The van der Waals surface area contributed by atoms with Crippen LogP contribution in [0.15, 0.2) is 11.6 Å². The summed E-state index contributed by atoms with van der Waals surface area (Å²) in [7, 11) is 0. The van der Waals surface area contributed by atoms with Crippen LogP contribution in [-0.4, -0.2) is 0 Å². The smallest absolute Gasteiger partial charge is 0.00114 e. The molecule has 0 heteroatoms. The van der Waals surface area contributed by atoms with E-state index in [9.17, 15) is 0 Å². The summed E-state index contributed by atoms with van der Waals surface area (Å²) in [5.41, 5.74) is 2.56. The van der Waals surface area contributed by atoms with Crippen LogP contribution in [0.5, 0.6) is 0 Å². The van der Waals surface area contributed by atoms with Gasteiger partial charge < -0.3 is 0 Å². The highest BCUT2D eigenvalue weighted by Gasteiger charge is 2.63. The lowest BCUT2D eigenvalue weighted by atomic mass is 10.1. The van der Waals surface area contributed by atoms with Gasteiger partial charge in [0.1, 0.15) is 0 Å². The highest BCUT2D eigenvalue weighted by Crippen LogP contribution is 2.73. The van der Waals surface area contributed by atoms with Crippen molar-refractivity contribution in [1.29, 1.82) is 0 Å². The van der Waals surface area contributed by atoms with Crippen LogP contribution < -0.4 is 0 Å². The summed E-state index contributed by atoms with van der Waals surface area (Å²) in [5.74, 6) is 2.12. The summed E-state index contributed by atoms with van der Waals surface area (Å²) in [5, 5.41) is 0. The number of hydrogen-bond donors (Lipinski definition) is 0. The molecule has 0 N–H and O–H groups in total. The van der Waals surface area contributed by atoms with Gasteiger partial charge in [-0.2, -0.15) is 0 Å². The lowest BCUT2D eigenvalue weighted by Gasteiger charge is -1.96. The average molecular weight is 106 g/mol. The summed E-state index contributed by atoms with van der Waals surface area (Å²) in [4.78, 5) is 0. The SMILES string of the molecule is C[C@@]12CC1CC1C=C12. The molecule has 0 amide bonds. The van der Waals surface area contributed by atoms with Crippen molar-refractivity contribution in [2.45, 2.75) is 19.8 Å². The van der Waals surface area contributed by atoms with Crippen LogP contribution in [0.25, 0.3) is 0 Å². The molecular formula is C8H10. The van der Waals surface area contributed by atoms with Crippen molar-refractivity contribution in [2.75, 3.05) is 0 Å². The van der Waals surface area contributed by atoms with Crippen LogP contribution in [0.3, 0.4) is 0 Å². The Morgan fingerprint density at radius 1 is 1.75 bits per heavy atom. The standard InChI is InChI=1S/C8H10/c1-8-4-6(8)2-5-3-7(5)8/h3,5-6H,2,4H2,1H3/t5?,6?,8-/m1/s1. The Morgan fingerprint density at radius 2 is 2.62 bits per heavy atom. The third-order valence-corrected chi connectivity index (χ3v) is 3.28. The van der Waals surface area contributed by atoms with Crippen molar-refractivity contribution >= 4 is 0 Å². The van der Waals surface area contributed by atoms with Crippen molar-refractivity contribution in [2.24, 2.45) is 17.3 Å². The van der Waals surface area contributed by atoms with Gasteiger partial charge in [-0.15, -0.1) is 0 Å². The normalized spacial score (nSPS) is 63.9. The molecule has 2 fully saturated rings. The molecule has 3 rings (SSSR count). The molecule has 0 heterocycles. The van der Waals surface area contributed by atoms with Gasteiger partial charge >= 0.3 is 0 Å². The lowest BCUT2D eigenvalue weighted by Crippen LogP contribution is -1.87. The van der Waals surface area contributed by atoms with Gasteiger partial charge in [0.2, 0.25) is 0 Å². The van der Waals surface area contributed by atoms with Gasteiger partial charge in [-0.3, -0.25) is 0 Å². The van der Waals surface area contributed by atoms with Crippen molar-refractivity contribution in [3.05, 3.63) is 11.6 Å². The first-order chi connectivity index (χ1) is 3.81. The van der Waals surface area contributed by atoms with Crippen molar-refractivity contribution < 1.29 is 0 Å². The van der Waals surface area contributed by atoms with Gasteiger partial charge in [0.25, 0.3) is 0 Å². The fraction of sp³-hybridized carbons (Fsp3) is 0.750. The second-order valence-electron chi connectivity index (χ2n) is 3.78. The molecule has 0 nitrogen and oxygen atoms in total. The first-order valence-electron chi connectivity index (χ1n) is 3.53. The number of allylic oxidation sites excluding steroid dienone is 2. The van der Waals surface area contributed by atoms with E-state index >= 15 is 0 Å². The molecular weight excluding hydrogens is 96.1 g/mol. The Bertz CT molecular complexity index is 190. The minimum Gasteiger partial charge on any atom is -0.0770 e. The van der Waals surface area contributed by atoms with Crippen LogP contribution in [0.2, 0.25) is 0 Å². The predicted molar refractivity (Wildman–Crippen MR) is 32.4 cm³/mol. The zero-order valence-electron chi connectivity index (χ0n) is 5.15. The van der Waals surface area contributed by atoms with Gasteiger partial charge in [0, 0.05) is 0 Å². The molecule has 0 radical (unpaired) electrons. The molecule has 3 aliphatic carbocycles. The monoisotopic (exact) mass is 106 g/mol. The van der Waals surface area contributed by atoms with Gasteiger partial charge in [0.15, 0.2) is 0 Å². The highest BCUT2D eigenvalue weighted by molar-refractivity contribution is 5.46. The maximum absolute atomic E-state index is 2.46. The van der Waals surface area contributed by atoms with E-state index in [2.05, 4.69) is 13.0 Å². The first kappa shape index (κ1) is 3.71. The maximum atomic E-state index is 2.46. The minimum absolute atomic E-state index is 0.755. The molecule has 2 saturated carbocycles. The second-order valence-corrected chi connectivity index (χ2v) is 3.78. The van der Waals surface area contributed by atoms with E-state index in [1.54, 1.807) is 0 Å². The largest absolute Gasteiger partial charge is 0.0770 e. The molecule has 0 aromatic rings. The summed E-state index contributed by atoms with van der Waals surface area (Å²) in [6.45, 7) is 2.43. The van der Waals surface area contributed by atoms with Crippen LogP contribution in [0.4, 0.5) is 0 Å². The maximum Gasteiger partial charge on any atom is -0.00114 e. The molecule has 0 spiro atoms. The zero-order valence-corrected chi connectivity index (χ0v) is 5.15. The molecule has 42 valence electrons. The molecule has 3 atom stereocenters. The molecule has 2 unspecified atom stereocenters. The summed E-state index contributed by atoms with van der Waals surface area (Å²) < 4.78 is 0. The Balaban J connectivity index is 2.14. The van der Waals surface area contributed by atoms with E-state index in [0.717, 1.165) is 17.3 Å². The van der Waals surface area contributed by atoms with E-state index < -0.39 is 0 Å². The topological polar surface area (TPSA) is 0 Å². The Morgan fingerprint density at radius 3 is 3.00 bits per heavy atom. The van der Waals surface area contributed by atoms with Crippen LogP contribution >= 0.6 is 0 Å². The van der Waals surface area contributed by atoms with Crippen molar-refractivity contribution in [1.82, 2.24) is 0 Å². The molecule has 0 bridgehead atoms. The zero-order chi connectivity index (χ0) is 5.35. The van der Waals surface area contributed by atoms with E-state index in [-0.39, 0.29) is 0 Å². The molecule has 3 aliphatic rings. The molecule has 0 aromatic heterocycles. The van der Waals surface area contributed by atoms with Gasteiger partial charge in [-0.25, -0.2) is 0 Å². The minimum atomic E-state index is 0.755.